The Bertz CT molecular complexity index is 1080. The molecule has 28 heavy (non-hydrogen) atoms. The number of thioether (sulfide) groups is 1. The Kier molecular flexibility index (Phi) is 4.93. The summed E-state index contributed by atoms with van der Waals surface area (Å²) in [5.41, 5.74) is 8.57. The van der Waals surface area contributed by atoms with Gasteiger partial charge >= 0.3 is 0 Å². The minimum Gasteiger partial charge on any atom is -0.440 e. The maximum absolute atomic E-state index is 14.6. The molecule has 2 heterocycles. The number of nitriles is 1. The third kappa shape index (κ3) is 3.19. The first-order chi connectivity index (χ1) is 13.6. The van der Waals surface area contributed by atoms with Gasteiger partial charge in [-0.1, -0.05) is 36.4 Å². The molecule has 2 aromatic rings. The lowest BCUT2D eigenvalue weighted by molar-refractivity contribution is 0.287. The minimum atomic E-state index is -0.619. The Morgan fingerprint density at radius 3 is 2.50 bits per heavy atom. The van der Waals surface area contributed by atoms with Gasteiger partial charge < -0.3 is 10.5 Å². The summed E-state index contributed by atoms with van der Waals surface area (Å²) in [6.07, 6.45) is 1.72. The normalized spacial score (nSPS) is 20.6. The van der Waals surface area contributed by atoms with Gasteiger partial charge in [0.2, 0.25) is 5.88 Å². The van der Waals surface area contributed by atoms with Crippen LogP contribution in [0.2, 0.25) is 0 Å². The first-order valence-electron chi connectivity index (χ1n) is 8.68. The highest BCUT2D eigenvalue weighted by atomic mass is 32.2. The number of halogens is 2. The van der Waals surface area contributed by atoms with Gasteiger partial charge in [0.1, 0.15) is 29.0 Å². The van der Waals surface area contributed by atoms with Crippen LogP contribution < -0.4 is 5.73 Å². The zero-order valence-corrected chi connectivity index (χ0v) is 15.6. The largest absolute Gasteiger partial charge is 0.440 e. The summed E-state index contributed by atoms with van der Waals surface area (Å²) >= 11 is 1.61. The van der Waals surface area contributed by atoms with Crippen molar-refractivity contribution in [3.8, 4) is 6.07 Å². The van der Waals surface area contributed by atoms with E-state index in [1.54, 1.807) is 54.2 Å². The van der Waals surface area contributed by atoms with E-state index in [1.165, 1.54) is 12.1 Å². The molecule has 0 aromatic heterocycles. The number of hydrogen-bond acceptors (Lipinski definition) is 4. The van der Waals surface area contributed by atoms with Gasteiger partial charge in [-0.25, -0.2) is 8.78 Å². The quantitative estimate of drug-likeness (QED) is 0.791. The zero-order chi connectivity index (χ0) is 19.7. The molecule has 2 aromatic carbocycles. The van der Waals surface area contributed by atoms with E-state index in [1.807, 2.05) is 0 Å². The predicted octanol–water partition coefficient (Wildman–Crippen LogP) is 4.86. The Hall–Kier alpha value is -3.04. The molecule has 1 atom stereocenters. The van der Waals surface area contributed by atoms with Crippen molar-refractivity contribution < 1.29 is 13.5 Å². The molecule has 0 fully saturated rings. The molecular formula is C22H16F2N2OS. The van der Waals surface area contributed by atoms with E-state index in [4.69, 9.17) is 10.5 Å². The van der Waals surface area contributed by atoms with Gasteiger partial charge in [0.15, 0.2) is 0 Å². The second-order valence-corrected chi connectivity index (χ2v) is 7.47. The second kappa shape index (κ2) is 7.53. The van der Waals surface area contributed by atoms with Crippen LogP contribution in [0, 0.1) is 23.0 Å². The highest BCUT2D eigenvalue weighted by Crippen LogP contribution is 2.46. The second-order valence-electron chi connectivity index (χ2n) is 6.48. The SMILES string of the molecule is N#CC1=C(N)OC2=C(CSC/C2=C\c2ccccc2F)C1c1ccccc1F. The first-order valence-corrected chi connectivity index (χ1v) is 9.84. The summed E-state index contributed by atoms with van der Waals surface area (Å²) in [4.78, 5) is 0. The fraction of sp³-hybridized carbons (Fsp3) is 0.136. The molecule has 3 nitrogen and oxygen atoms in total. The number of rotatable bonds is 2. The Labute approximate surface area is 165 Å². The molecule has 0 aliphatic carbocycles. The summed E-state index contributed by atoms with van der Waals surface area (Å²) in [5.74, 6) is 0.278. The molecule has 140 valence electrons. The van der Waals surface area contributed by atoms with Crippen LogP contribution in [0.4, 0.5) is 8.78 Å². The first kappa shape index (κ1) is 18.3. The molecular weight excluding hydrogens is 378 g/mol. The number of nitrogens with two attached hydrogens (primary N) is 1. The average molecular weight is 394 g/mol. The summed E-state index contributed by atoms with van der Waals surface area (Å²) < 4.78 is 34.5. The summed E-state index contributed by atoms with van der Waals surface area (Å²) in [5, 5.41) is 9.63. The molecule has 0 saturated heterocycles. The van der Waals surface area contributed by atoms with E-state index >= 15 is 0 Å². The van der Waals surface area contributed by atoms with Gasteiger partial charge in [0.05, 0.1) is 5.92 Å². The lowest BCUT2D eigenvalue weighted by Gasteiger charge is -2.33. The third-order valence-electron chi connectivity index (χ3n) is 4.78. The fourth-order valence-electron chi connectivity index (χ4n) is 3.49. The van der Waals surface area contributed by atoms with Crippen molar-refractivity contribution in [1.82, 2.24) is 0 Å². The van der Waals surface area contributed by atoms with Crippen LogP contribution in [-0.2, 0) is 4.74 Å². The maximum Gasteiger partial charge on any atom is 0.205 e. The summed E-state index contributed by atoms with van der Waals surface area (Å²) in [6, 6.07) is 14.9. The molecule has 0 spiro atoms. The molecule has 0 bridgehead atoms. The topological polar surface area (TPSA) is 59.0 Å². The summed E-state index contributed by atoms with van der Waals surface area (Å²) in [7, 11) is 0. The number of hydrogen-bond donors (Lipinski definition) is 1. The monoisotopic (exact) mass is 394 g/mol. The Morgan fingerprint density at radius 2 is 1.79 bits per heavy atom. The zero-order valence-electron chi connectivity index (χ0n) is 14.8. The fourth-order valence-corrected chi connectivity index (χ4v) is 4.55. The average Bonchev–Trinajstić information content (AvgIpc) is 2.70. The minimum absolute atomic E-state index is 0.0409. The van der Waals surface area contributed by atoms with E-state index in [0.29, 0.717) is 28.4 Å². The lowest BCUT2D eigenvalue weighted by atomic mass is 9.82. The van der Waals surface area contributed by atoms with Crippen molar-refractivity contribution in [2.24, 2.45) is 5.73 Å². The highest BCUT2D eigenvalue weighted by molar-refractivity contribution is 7.99. The van der Waals surface area contributed by atoms with Crippen LogP contribution in [0.15, 0.2) is 76.9 Å². The molecule has 2 aliphatic heterocycles. The van der Waals surface area contributed by atoms with Crippen molar-refractivity contribution in [3.63, 3.8) is 0 Å². The van der Waals surface area contributed by atoms with Crippen molar-refractivity contribution >= 4 is 17.8 Å². The lowest BCUT2D eigenvalue weighted by Crippen LogP contribution is -2.26. The molecule has 2 aliphatic rings. The van der Waals surface area contributed by atoms with Crippen LogP contribution in [0.3, 0.4) is 0 Å². The number of allylic oxidation sites excluding steroid dienone is 2. The highest BCUT2D eigenvalue weighted by Gasteiger charge is 2.37. The van der Waals surface area contributed by atoms with Crippen molar-refractivity contribution in [1.29, 1.82) is 5.26 Å². The van der Waals surface area contributed by atoms with Crippen LogP contribution >= 0.6 is 11.8 Å². The van der Waals surface area contributed by atoms with E-state index < -0.39 is 11.7 Å². The third-order valence-corrected chi connectivity index (χ3v) is 5.81. The smallest absolute Gasteiger partial charge is 0.205 e. The van der Waals surface area contributed by atoms with Gasteiger partial charge in [-0.05, 0) is 23.8 Å². The van der Waals surface area contributed by atoms with E-state index in [2.05, 4.69) is 6.07 Å². The Balaban J connectivity index is 1.88. The molecule has 0 amide bonds. The van der Waals surface area contributed by atoms with E-state index in [9.17, 15) is 14.0 Å². The molecule has 4 rings (SSSR count). The standard InChI is InChI=1S/C22H16F2N2OS/c23-18-7-3-1-5-13(18)9-14-11-28-12-17-20(15-6-2-4-8-19(15)24)16(10-25)22(26)27-21(14)17/h1-9,20H,11-12,26H2/b14-9+. The van der Waals surface area contributed by atoms with Gasteiger partial charge in [-0.2, -0.15) is 17.0 Å². The number of benzene rings is 2. The van der Waals surface area contributed by atoms with Gasteiger partial charge in [-0.3, -0.25) is 0 Å². The number of ether oxygens (including phenoxy) is 1. The van der Waals surface area contributed by atoms with Crippen molar-refractivity contribution in [2.45, 2.75) is 5.92 Å². The van der Waals surface area contributed by atoms with Crippen LogP contribution in [0.5, 0.6) is 0 Å². The van der Waals surface area contributed by atoms with E-state index in [0.717, 1.165) is 11.1 Å². The van der Waals surface area contributed by atoms with Gasteiger partial charge in [-0.15, -0.1) is 0 Å². The molecule has 1 unspecified atom stereocenters. The van der Waals surface area contributed by atoms with Crippen LogP contribution in [-0.4, -0.2) is 11.5 Å². The van der Waals surface area contributed by atoms with E-state index in [-0.39, 0.29) is 17.3 Å². The maximum atomic E-state index is 14.6. The summed E-state index contributed by atoms with van der Waals surface area (Å²) in [6.45, 7) is 0. The van der Waals surface area contributed by atoms with Crippen LogP contribution in [0.1, 0.15) is 17.0 Å². The van der Waals surface area contributed by atoms with Gasteiger partial charge in [0, 0.05) is 28.2 Å². The molecule has 0 saturated carbocycles. The Morgan fingerprint density at radius 1 is 1.07 bits per heavy atom. The van der Waals surface area contributed by atoms with Crippen molar-refractivity contribution in [3.05, 3.63) is 99.7 Å². The predicted molar refractivity (Wildman–Crippen MR) is 106 cm³/mol. The van der Waals surface area contributed by atoms with Crippen LogP contribution in [0.25, 0.3) is 6.08 Å². The molecule has 0 radical (unpaired) electrons. The molecule has 2 N–H and O–H groups in total. The van der Waals surface area contributed by atoms with Gasteiger partial charge in [0.25, 0.3) is 0 Å². The molecule has 6 heteroatoms. The number of nitrogens with zero attached hydrogens (tertiary/aromatic N) is 1. The van der Waals surface area contributed by atoms with Crippen molar-refractivity contribution in [2.75, 3.05) is 11.5 Å².